The average molecular weight is 1160 g/mol. The minimum atomic E-state index is -4.90. The lowest BCUT2D eigenvalue weighted by molar-refractivity contribution is -0.197. The highest BCUT2D eigenvalue weighted by molar-refractivity contribution is 7.86. The molecule has 0 radical (unpaired) electrons. The molecule has 0 saturated carbocycles. The van der Waals surface area contributed by atoms with Gasteiger partial charge in [0.1, 0.15) is 34.9 Å². The van der Waals surface area contributed by atoms with Crippen molar-refractivity contribution in [3.63, 3.8) is 0 Å². The predicted octanol–water partition coefficient (Wildman–Crippen LogP) is 5.26. The number of hydrogen-bond donors (Lipinski definition) is 1. The Hall–Kier alpha value is -4.96. The Bertz CT molecular complexity index is 2760. The van der Waals surface area contributed by atoms with E-state index in [0.717, 1.165) is 16.5 Å². The van der Waals surface area contributed by atoms with E-state index in [1.165, 1.54) is 12.1 Å². The molecule has 1 aromatic rings. The second-order valence-electron chi connectivity index (χ2n) is 20.4. The minimum absolute atomic E-state index is 0.00470. The van der Waals surface area contributed by atoms with Crippen LogP contribution in [-0.2, 0) is 88.2 Å². The fourth-order valence-electron chi connectivity index (χ4n) is 9.24. The largest absolute Gasteiger partial charge is 0.744 e. The molecule has 22 nitrogen and oxygen atoms in total. The molecule has 0 spiro atoms. The summed E-state index contributed by atoms with van der Waals surface area (Å²) in [5.41, 5.74) is 2.26. The zero-order chi connectivity index (χ0) is 58.2. The van der Waals surface area contributed by atoms with Crippen LogP contribution in [0.5, 0.6) is 0 Å². The van der Waals surface area contributed by atoms with Gasteiger partial charge in [-0.25, -0.2) is 17.8 Å². The van der Waals surface area contributed by atoms with Crippen LogP contribution in [0.2, 0.25) is 0 Å². The Labute approximate surface area is 470 Å². The summed E-state index contributed by atoms with van der Waals surface area (Å²) in [6.45, 7) is 15.8. The first kappa shape index (κ1) is 65.8. The summed E-state index contributed by atoms with van der Waals surface area (Å²) in [7, 11) is -6.03. The quantitative estimate of drug-likeness (QED) is 0.0332. The van der Waals surface area contributed by atoms with Crippen molar-refractivity contribution in [1.29, 1.82) is 0 Å². The summed E-state index contributed by atoms with van der Waals surface area (Å²) in [6.07, 6.45) is 6.86. The minimum Gasteiger partial charge on any atom is -0.744 e. The topological polar surface area (TPSA) is 268 Å². The highest BCUT2D eigenvalue weighted by Gasteiger charge is 2.43. The van der Waals surface area contributed by atoms with Gasteiger partial charge < -0.3 is 56.6 Å². The Balaban J connectivity index is 1.44. The normalized spacial score (nSPS) is 16.5. The molecule has 1 fully saturated rings. The van der Waals surface area contributed by atoms with Gasteiger partial charge in [0.25, 0.3) is 21.9 Å². The predicted molar refractivity (Wildman–Crippen MR) is 295 cm³/mol. The lowest BCUT2D eigenvalue weighted by Crippen LogP contribution is -2.36. The molecule has 1 atom stereocenters. The summed E-state index contributed by atoms with van der Waals surface area (Å²) in [6, 6.07) is 12.2. The van der Waals surface area contributed by atoms with Crippen molar-refractivity contribution in [2.24, 2.45) is 0 Å². The Kier molecular flexibility index (Phi) is 26.8. The number of methoxy groups -OCH3 is 2. The first-order valence-corrected chi connectivity index (χ1v) is 30.1. The van der Waals surface area contributed by atoms with E-state index in [1.807, 2.05) is 42.2 Å². The number of carbonyl (C=O) groups is 3. The zero-order valence-electron chi connectivity index (χ0n) is 47.1. The molecule has 1 saturated heterocycles. The van der Waals surface area contributed by atoms with Gasteiger partial charge in [0.2, 0.25) is 5.36 Å². The third kappa shape index (κ3) is 21.1. The van der Waals surface area contributed by atoms with Crippen molar-refractivity contribution in [3.8, 4) is 11.3 Å². The van der Waals surface area contributed by atoms with Gasteiger partial charge in [-0.3, -0.25) is 14.1 Å². The summed E-state index contributed by atoms with van der Waals surface area (Å²) in [4.78, 5) is 43.1. The van der Waals surface area contributed by atoms with Crippen LogP contribution < -0.4 is 14.8 Å². The molecular weight excluding hydrogens is 1080 g/mol. The number of unbranched alkanes of at least 4 members (excludes halogenated alkanes) is 2. The number of carbonyl (C=O) groups excluding carboxylic acids is 3. The first-order valence-electron chi connectivity index (χ1n) is 27.1. The molecule has 1 aromatic carbocycles. The summed E-state index contributed by atoms with van der Waals surface area (Å²) in [5.74, 6) is -1.28. The number of anilines is 1. The van der Waals surface area contributed by atoms with E-state index in [0.29, 0.717) is 165 Å². The van der Waals surface area contributed by atoms with E-state index in [9.17, 15) is 40.3 Å². The van der Waals surface area contributed by atoms with Crippen LogP contribution in [0.25, 0.3) is 17.4 Å². The van der Waals surface area contributed by atoms with Gasteiger partial charge in [-0.1, -0.05) is 33.3 Å². The van der Waals surface area contributed by atoms with Crippen molar-refractivity contribution in [1.82, 2.24) is 9.64 Å². The highest BCUT2D eigenvalue weighted by Crippen LogP contribution is 2.51. The number of fused-ring (bicyclic) bond motifs is 2. The summed E-state index contributed by atoms with van der Waals surface area (Å²) < 4.78 is 124. The number of benzene rings is 2. The molecule has 446 valence electrons. The van der Waals surface area contributed by atoms with Gasteiger partial charge in [-0.2, -0.15) is 8.42 Å². The maximum absolute atomic E-state index is 12.6. The smallest absolute Gasteiger partial charge is 0.333 e. The molecule has 4 aliphatic rings. The molecule has 2 amide bonds. The average Bonchev–Trinajstić information content (AvgIpc) is 4.10. The third-order valence-corrected chi connectivity index (χ3v) is 15.0. The number of amides is 2. The zero-order valence-corrected chi connectivity index (χ0v) is 48.7. The Morgan fingerprint density at radius 3 is 1.85 bits per heavy atom. The summed E-state index contributed by atoms with van der Waals surface area (Å²) >= 11 is 0. The SMILES string of the molecule is COCCOCCOCCOCC[N+](CCOCCOCCOCCOC)=c1ccc2c(C(C)(C)C)cc(/C=C/C=C3/N(CCCCCC(=O)ON4C(=O)CCC4=O)c4ccc(S(=O)(=O)[O-])cc4C3(C)CCCS(=O)(=O)O)oc-2c1. The fraction of sp³-hybridized carbons (Fsp3) is 0.607. The van der Waals surface area contributed by atoms with Gasteiger partial charge in [0, 0.05) is 68.5 Å². The van der Waals surface area contributed by atoms with E-state index >= 15 is 0 Å². The molecule has 0 bridgehead atoms. The highest BCUT2D eigenvalue weighted by atomic mass is 32.2. The molecule has 5 rings (SSSR count). The number of hydrogen-bond acceptors (Lipinski definition) is 19. The van der Waals surface area contributed by atoms with Gasteiger partial charge in [0.05, 0.1) is 96.0 Å². The van der Waals surface area contributed by atoms with Crippen molar-refractivity contribution in [2.45, 2.75) is 94.8 Å². The standard InChI is InChI=1S/C56H81N3O19S2/c1-55(2,3)47-41-44(77-50-40-43(15-17-46(47)50)57(23-25-71-31-33-75-37-35-73-29-27-69-5)24-26-72-32-34-76-38-36-74-30-28-70-6)12-10-13-51-56(4,21-11-39-79(63,64)65)48-42-45(80(66,67)68)16-18-49(48)58(51)22-9-7-8-14-54(62)78-59-52(60)19-20-53(59)61/h10,12-13,15-18,40-42H,7-9,11,14,19-39H2,1-6H3,(H-,63,64,65,66,67,68). The van der Waals surface area contributed by atoms with Gasteiger partial charge in [0.15, 0.2) is 13.1 Å². The van der Waals surface area contributed by atoms with Crippen molar-refractivity contribution < 1.29 is 87.5 Å². The third-order valence-electron chi connectivity index (χ3n) is 13.4. The maximum atomic E-state index is 12.6. The van der Waals surface area contributed by atoms with Crippen molar-refractivity contribution in [2.75, 3.05) is 137 Å². The Morgan fingerprint density at radius 1 is 0.750 bits per heavy atom. The molecule has 24 heteroatoms. The fourth-order valence-corrected chi connectivity index (χ4v) is 10.2. The van der Waals surface area contributed by atoms with Crippen LogP contribution in [-0.4, -0.2) is 181 Å². The number of rotatable bonds is 38. The first-order chi connectivity index (χ1) is 38.2. The van der Waals surface area contributed by atoms with E-state index in [1.54, 1.807) is 26.4 Å². The summed E-state index contributed by atoms with van der Waals surface area (Å²) in [5, 5.41) is 1.39. The molecule has 3 heterocycles. The van der Waals surface area contributed by atoms with Gasteiger partial charge in [-0.15, -0.1) is 5.06 Å². The molecule has 1 N–H and O–H groups in total. The van der Waals surface area contributed by atoms with Crippen LogP contribution in [0.4, 0.5) is 5.69 Å². The number of nitrogens with zero attached hydrogens (tertiary/aromatic N) is 3. The number of imide groups is 1. The maximum Gasteiger partial charge on any atom is 0.333 e. The Morgan fingerprint density at radius 2 is 1.31 bits per heavy atom. The van der Waals surface area contributed by atoms with Crippen LogP contribution >= 0.6 is 0 Å². The number of hydroxylamine groups is 2. The van der Waals surface area contributed by atoms with Crippen molar-refractivity contribution >= 4 is 49.8 Å². The van der Waals surface area contributed by atoms with E-state index < -0.39 is 54.1 Å². The van der Waals surface area contributed by atoms with E-state index in [2.05, 4.69) is 31.4 Å². The lowest BCUT2D eigenvalue weighted by Gasteiger charge is -2.30. The molecule has 80 heavy (non-hydrogen) atoms. The van der Waals surface area contributed by atoms with E-state index in [-0.39, 0.29) is 37.5 Å². The lowest BCUT2D eigenvalue weighted by atomic mass is 9.77. The molecule has 3 aliphatic heterocycles. The van der Waals surface area contributed by atoms with Crippen LogP contribution in [0, 0.1) is 0 Å². The van der Waals surface area contributed by atoms with Crippen molar-refractivity contribution in [3.05, 3.63) is 82.6 Å². The van der Waals surface area contributed by atoms with E-state index in [4.69, 9.17) is 47.1 Å². The molecule has 1 aliphatic carbocycles. The second kappa shape index (κ2) is 32.6. The van der Waals surface area contributed by atoms with Crippen LogP contribution in [0.3, 0.4) is 0 Å². The van der Waals surface area contributed by atoms with Gasteiger partial charge >= 0.3 is 5.97 Å². The number of ether oxygens (including phenoxy) is 8. The van der Waals surface area contributed by atoms with Crippen LogP contribution in [0.1, 0.15) is 95.9 Å². The van der Waals surface area contributed by atoms with Crippen LogP contribution in [0.15, 0.2) is 69.6 Å². The van der Waals surface area contributed by atoms with Gasteiger partial charge in [-0.05, 0) is 91.6 Å². The molecule has 1 unspecified atom stereocenters. The monoisotopic (exact) mass is 1160 g/mol. The molecule has 0 aromatic heterocycles. The number of allylic oxidation sites excluding steroid dienone is 3. The second-order valence-corrected chi connectivity index (χ2v) is 23.4. The molecular formula is C56H81N3O19S2.